The number of carbonyl (C=O) groups excluding carboxylic acids is 1. The van der Waals surface area contributed by atoms with Crippen molar-refractivity contribution in [2.45, 2.75) is 19.3 Å². The number of benzene rings is 2. The summed E-state index contributed by atoms with van der Waals surface area (Å²) in [5.41, 5.74) is 8.93. The standard InChI is InChI=1S/C26H29N5O2S/c27-18-19-3-6-24-21(15-19)17-25(34-24)31(26(28)32)9-2-1-8-29-10-12-30(13-11-29)22-4-5-23-20(16-22)7-14-33-23/h3-6,15-17H,1-2,7-14H2,(H2,28,32). The third-order valence-electron chi connectivity index (χ3n) is 6.68. The number of anilines is 2. The molecule has 3 aromatic rings. The summed E-state index contributed by atoms with van der Waals surface area (Å²) in [5.74, 6) is 1.04. The van der Waals surface area contributed by atoms with Crippen LogP contribution in [0.1, 0.15) is 24.0 Å². The SMILES string of the molecule is N#Cc1ccc2sc(N(CCCCN3CCN(c4ccc5c(c4)CCO5)CC3)C(N)=O)cc2c1. The van der Waals surface area contributed by atoms with Gasteiger partial charge in [-0.25, -0.2) is 4.79 Å². The molecule has 2 aliphatic heterocycles. The van der Waals surface area contributed by atoms with Gasteiger partial charge in [-0.3, -0.25) is 9.80 Å². The fourth-order valence-electron chi connectivity index (χ4n) is 4.77. The molecule has 7 nitrogen and oxygen atoms in total. The molecule has 34 heavy (non-hydrogen) atoms. The Morgan fingerprint density at radius 2 is 1.97 bits per heavy atom. The second-order valence-electron chi connectivity index (χ2n) is 8.87. The maximum atomic E-state index is 12.1. The summed E-state index contributed by atoms with van der Waals surface area (Å²) in [6.45, 7) is 6.57. The third-order valence-corrected chi connectivity index (χ3v) is 7.82. The van der Waals surface area contributed by atoms with Gasteiger partial charge in [0.25, 0.3) is 0 Å². The average Bonchev–Trinajstić information content (AvgIpc) is 3.49. The normalized spacial score (nSPS) is 15.7. The highest BCUT2D eigenvalue weighted by molar-refractivity contribution is 7.23. The zero-order chi connectivity index (χ0) is 23.5. The van der Waals surface area contributed by atoms with Crippen molar-refractivity contribution >= 4 is 38.1 Å². The molecule has 0 spiro atoms. The molecule has 176 valence electrons. The molecule has 1 saturated heterocycles. The summed E-state index contributed by atoms with van der Waals surface area (Å²) in [7, 11) is 0. The minimum Gasteiger partial charge on any atom is -0.493 e. The molecule has 0 atom stereocenters. The van der Waals surface area contributed by atoms with Crippen molar-refractivity contribution < 1.29 is 9.53 Å². The van der Waals surface area contributed by atoms with E-state index in [1.165, 1.54) is 22.6 Å². The molecule has 1 aromatic heterocycles. The second-order valence-corrected chi connectivity index (χ2v) is 9.93. The number of rotatable bonds is 7. The fraction of sp³-hybridized carbons (Fsp3) is 0.385. The van der Waals surface area contributed by atoms with Crippen LogP contribution in [0.15, 0.2) is 42.5 Å². The Balaban J connectivity index is 1.10. The maximum Gasteiger partial charge on any atom is 0.319 e. The van der Waals surface area contributed by atoms with E-state index < -0.39 is 6.03 Å². The minimum atomic E-state index is -0.430. The molecule has 0 bridgehead atoms. The lowest BCUT2D eigenvalue weighted by molar-refractivity contribution is 0.249. The average molecular weight is 476 g/mol. The molecule has 5 rings (SSSR count). The smallest absolute Gasteiger partial charge is 0.319 e. The van der Waals surface area contributed by atoms with Gasteiger partial charge in [0.1, 0.15) is 10.8 Å². The molecule has 2 amide bonds. The summed E-state index contributed by atoms with van der Waals surface area (Å²) in [5, 5.41) is 10.9. The number of hydrogen-bond acceptors (Lipinski definition) is 6. The lowest BCUT2D eigenvalue weighted by Crippen LogP contribution is -2.46. The third kappa shape index (κ3) is 4.81. The van der Waals surface area contributed by atoms with Crippen LogP contribution in [0, 0.1) is 11.3 Å². The number of carbonyl (C=O) groups is 1. The van der Waals surface area contributed by atoms with Crippen LogP contribution >= 0.6 is 11.3 Å². The Kier molecular flexibility index (Phi) is 6.57. The first kappa shape index (κ1) is 22.5. The predicted octanol–water partition coefficient (Wildman–Crippen LogP) is 4.20. The highest BCUT2D eigenvalue weighted by Crippen LogP contribution is 2.33. The molecule has 0 saturated carbocycles. The van der Waals surface area contributed by atoms with E-state index in [1.807, 2.05) is 18.2 Å². The van der Waals surface area contributed by atoms with Gasteiger partial charge < -0.3 is 15.4 Å². The van der Waals surface area contributed by atoms with Crippen LogP contribution in [0.5, 0.6) is 5.75 Å². The zero-order valence-electron chi connectivity index (χ0n) is 19.2. The van der Waals surface area contributed by atoms with Gasteiger partial charge in [0.2, 0.25) is 0 Å². The molecule has 2 N–H and O–H groups in total. The Bertz CT molecular complexity index is 1230. The van der Waals surface area contributed by atoms with Gasteiger partial charge in [-0.1, -0.05) is 0 Å². The highest BCUT2D eigenvalue weighted by Gasteiger charge is 2.20. The number of unbranched alkanes of at least 4 members (excludes halogenated alkanes) is 1. The van der Waals surface area contributed by atoms with Gasteiger partial charge >= 0.3 is 6.03 Å². The summed E-state index contributed by atoms with van der Waals surface area (Å²) >= 11 is 1.54. The van der Waals surface area contributed by atoms with Crippen molar-refractivity contribution in [3.8, 4) is 11.8 Å². The number of thiophene rings is 1. The number of piperazine rings is 1. The van der Waals surface area contributed by atoms with Crippen molar-refractivity contribution in [1.29, 1.82) is 5.26 Å². The number of primary amides is 1. The molecular formula is C26H29N5O2S. The van der Waals surface area contributed by atoms with Crippen molar-refractivity contribution in [2.24, 2.45) is 5.73 Å². The molecule has 0 unspecified atom stereocenters. The van der Waals surface area contributed by atoms with Gasteiger partial charge in [-0.15, -0.1) is 11.3 Å². The Morgan fingerprint density at radius 3 is 2.76 bits per heavy atom. The highest BCUT2D eigenvalue weighted by atomic mass is 32.1. The van der Waals surface area contributed by atoms with Crippen molar-refractivity contribution in [1.82, 2.24) is 4.90 Å². The number of nitrogens with two attached hydrogens (primary N) is 1. The Labute approximate surface area is 203 Å². The van der Waals surface area contributed by atoms with Crippen LogP contribution < -0.4 is 20.3 Å². The van der Waals surface area contributed by atoms with Gasteiger partial charge in [0.15, 0.2) is 0 Å². The Morgan fingerprint density at radius 1 is 1.12 bits per heavy atom. The van der Waals surface area contributed by atoms with Crippen LogP contribution in [0.2, 0.25) is 0 Å². The molecule has 8 heteroatoms. The summed E-state index contributed by atoms with van der Waals surface area (Å²) in [6.07, 6.45) is 2.92. The van der Waals surface area contributed by atoms with E-state index in [1.54, 1.807) is 11.0 Å². The van der Waals surface area contributed by atoms with Crippen LogP contribution in [-0.2, 0) is 6.42 Å². The lowest BCUT2D eigenvalue weighted by Gasteiger charge is -2.36. The number of nitriles is 1. The Hall–Kier alpha value is -3.28. The first-order valence-electron chi connectivity index (χ1n) is 11.8. The second kappa shape index (κ2) is 9.92. The van der Waals surface area contributed by atoms with Gasteiger partial charge in [-0.05, 0) is 72.8 Å². The maximum absolute atomic E-state index is 12.1. The van der Waals surface area contributed by atoms with E-state index in [9.17, 15) is 4.79 Å². The molecule has 3 heterocycles. The first-order chi connectivity index (χ1) is 16.6. The van der Waals surface area contributed by atoms with Crippen molar-refractivity contribution in [3.05, 3.63) is 53.6 Å². The largest absolute Gasteiger partial charge is 0.493 e. The van der Waals surface area contributed by atoms with E-state index in [0.29, 0.717) is 12.1 Å². The molecule has 0 aliphatic carbocycles. The monoisotopic (exact) mass is 475 g/mol. The van der Waals surface area contributed by atoms with Crippen LogP contribution in [0.4, 0.5) is 15.5 Å². The van der Waals surface area contributed by atoms with E-state index in [4.69, 9.17) is 15.7 Å². The molecule has 2 aliphatic rings. The quantitative estimate of drug-likeness (QED) is 0.518. The van der Waals surface area contributed by atoms with Gasteiger partial charge in [-0.2, -0.15) is 5.26 Å². The summed E-state index contributed by atoms with van der Waals surface area (Å²) < 4.78 is 6.68. The lowest BCUT2D eigenvalue weighted by atomic mass is 10.1. The van der Waals surface area contributed by atoms with Crippen LogP contribution in [-0.4, -0.2) is 56.8 Å². The predicted molar refractivity (Wildman–Crippen MR) is 137 cm³/mol. The number of fused-ring (bicyclic) bond motifs is 2. The van der Waals surface area contributed by atoms with Crippen LogP contribution in [0.3, 0.4) is 0 Å². The first-order valence-corrected chi connectivity index (χ1v) is 12.7. The topological polar surface area (TPSA) is 85.8 Å². The fourth-order valence-corrected chi connectivity index (χ4v) is 5.84. The van der Waals surface area contributed by atoms with E-state index in [-0.39, 0.29) is 0 Å². The van der Waals surface area contributed by atoms with E-state index in [2.05, 4.69) is 34.1 Å². The summed E-state index contributed by atoms with van der Waals surface area (Å²) in [4.78, 5) is 18.7. The van der Waals surface area contributed by atoms with Crippen molar-refractivity contribution in [2.75, 3.05) is 55.7 Å². The van der Waals surface area contributed by atoms with Crippen LogP contribution in [0.25, 0.3) is 10.1 Å². The molecule has 2 aromatic carbocycles. The number of hydrogen-bond donors (Lipinski definition) is 1. The van der Waals surface area contributed by atoms with E-state index in [0.717, 1.165) is 79.4 Å². The molecule has 1 fully saturated rings. The van der Waals surface area contributed by atoms with E-state index >= 15 is 0 Å². The number of ether oxygens (including phenoxy) is 1. The minimum absolute atomic E-state index is 0.430. The number of amides is 2. The molecular weight excluding hydrogens is 446 g/mol. The number of nitrogens with zero attached hydrogens (tertiary/aromatic N) is 4. The zero-order valence-corrected chi connectivity index (χ0v) is 20.0. The summed E-state index contributed by atoms with van der Waals surface area (Å²) in [6, 6.07) is 15.8. The van der Waals surface area contributed by atoms with Gasteiger partial charge in [0, 0.05) is 49.5 Å². The number of urea groups is 1. The molecule has 0 radical (unpaired) electrons. The van der Waals surface area contributed by atoms with Crippen molar-refractivity contribution in [3.63, 3.8) is 0 Å². The van der Waals surface area contributed by atoms with Gasteiger partial charge in [0.05, 0.1) is 18.2 Å².